The molecule has 6 heteroatoms. The first-order valence-corrected chi connectivity index (χ1v) is 14.7. The van der Waals surface area contributed by atoms with Crippen molar-refractivity contribution in [2.24, 2.45) is 11.7 Å². The van der Waals surface area contributed by atoms with Crippen molar-refractivity contribution in [1.29, 1.82) is 0 Å². The number of benzene rings is 1. The molecule has 1 heterocycles. The Kier molecular flexibility index (Phi) is 15.0. The Bertz CT molecular complexity index is 796. The second-order valence-electron chi connectivity index (χ2n) is 10.6. The summed E-state index contributed by atoms with van der Waals surface area (Å²) >= 11 is 0. The number of ether oxygens (including phenoxy) is 2. The van der Waals surface area contributed by atoms with Gasteiger partial charge in [-0.1, -0.05) is 121 Å². The number of rotatable bonds is 21. The third-order valence-corrected chi connectivity index (χ3v) is 7.45. The lowest BCUT2D eigenvalue weighted by molar-refractivity contribution is -0.190. The van der Waals surface area contributed by atoms with Gasteiger partial charge in [0.2, 0.25) is 5.91 Å². The van der Waals surface area contributed by atoms with Crippen LogP contribution in [-0.2, 0) is 23.9 Å². The van der Waals surface area contributed by atoms with Crippen LogP contribution in [0.5, 0.6) is 0 Å². The first-order valence-electron chi connectivity index (χ1n) is 14.7. The Morgan fingerprint density at radius 3 is 2.00 bits per heavy atom. The molecule has 1 amide bonds. The van der Waals surface area contributed by atoms with E-state index in [9.17, 15) is 14.4 Å². The maximum absolute atomic E-state index is 13.1. The monoisotopic (exact) mass is 515 g/mol. The molecule has 37 heavy (non-hydrogen) atoms. The molecule has 0 aliphatic carbocycles. The van der Waals surface area contributed by atoms with Gasteiger partial charge in [0.15, 0.2) is 5.92 Å². The van der Waals surface area contributed by atoms with Crippen molar-refractivity contribution in [3.63, 3.8) is 0 Å². The van der Waals surface area contributed by atoms with Crippen LogP contribution in [0.15, 0.2) is 30.3 Å². The van der Waals surface area contributed by atoms with Crippen molar-refractivity contribution in [3.8, 4) is 0 Å². The number of carbonyl (C=O) groups excluding carboxylic acids is 3. The van der Waals surface area contributed by atoms with Crippen LogP contribution in [-0.4, -0.2) is 30.1 Å². The fourth-order valence-electron chi connectivity index (χ4n) is 5.17. The van der Waals surface area contributed by atoms with Crippen LogP contribution in [0, 0.1) is 5.92 Å². The van der Waals surface area contributed by atoms with E-state index in [-0.39, 0.29) is 18.0 Å². The summed E-state index contributed by atoms with van der Waals surface area (Å²) in [5, 5.41) is 0. The molecule has 1 unspecified atom stereocenters. The molecule has 1 aromatic rings. The van der Waals surface area contributed by atoms with Gasteiger partial charge in [0, 0.05) is 6.42 Å². The third-order valence-electron chi connectivity index (χ3n) is 7.45. The fourth-order valence-corrected chi connectivity index (χ4v) is 5.17. The first kappa shape index (κ1) is 30.9. The van der Waals surface area contributed by atoms with Gasteiger partial charge in [0.25, 0.3) is 0 Å². The Morgan fingerprint density at radius 2 is 1.43 bits per heavy atom. The van der Waals surface area contributed by atoms with Gasteiger partial charge in [-0.15, -0.1) is 0 Å². The number of amides is 1. The maximum atomic E-state index is 13.1. The van der Waals surface area contributed by atoms with E-state index in [1.807, 2.05) is 6.07 Å². The van der Waals surface area contributed by atoms with Gasteiger partial charge in [-0.05, 0) is 24.8 Å². The summed E-state index contributed by atoms with van der Waals surface area (Å²) in [7, 11) is 0. The fraction of sp³-hybridized carbons (Fsp3) is 0.710. The quantitative estimate of drug-likeness (QED) is 0.108. The molecule has 0 aromatic heterocycles. The molecule has 2 N–H and O–H groups in total. The second-order valence-corrected chi connectivity index (χ2v) is 10.6. The molecule has 6 nitrogen and oxygen atoms in total. The molecule has 1 aliphatic heterocycles. The number of hydrogen-bond acceptors (Lipinski definition) is 5. The van der Waals surface area contributed by atoms with Crippen LogP contribution < -0.4 is 5.73 Å². The Hall–Kier alpha value is -2.37. The van der Waals surface area contributed by atoms with Crippen LogP contribution >= 0.6 is 0 Å². The summed E-state index contributed by atoms with van der Waals surface area (Å²) in [6.07, 6.45) is 16.7. The number of cyclic esters (lactones) is 1. The van der Waals surface area contributed by atoms with E-state index in [1.54, 1.807) is 24.3 Å². The van der Waals surface area contributed by atoms with Crippen LogP contribution in [0.4, 0.5) is 0 Å². The number of esters is 2. The van der Waals surface area contributed by atoms with E-state index >= 15 is 0 Å². The molecule has 4 atom stereocenters. The van der Waals surface area contributed by atoms with Gasteiger partial charge in [-0.2, -0.15) is 0 Å². The minimum absolute atomic E-state index is 0.123. The summed E-state index contributed by atoms with van der Waals surface area (Å²) in [6.45, 7) is 4.40. The summed E-state index contributed by atoms with van der Waals surface area (Å²) in [6, 6.07) is 8.80. The lowest BCUT2D eigenvalue weighted by Crippen LogP contribution is -2.47. The Balaban J connectivity index is 1.93. The van der Waals surface area contributed by atoms with Crippen LogP contribution in [0.3, 0.4) is 0 Å². The standard InChI is InChI=1S/C31H49NO5/c1-3-5-7-9-10-11-12-13-17-21-25(23-27-26(30(34)37-27)22-18-8-6-4-2)36-31(35)28(29(32)33)24-19-15-14-16-20-24/h14-16,19-20,25-28H,3-13,17-18,21-23H2,1-2H3,(H2,32,33)/t25-,26-,27-,28?/m0/s1. The molecule has 1 aromatic carbocycles. The first-order chi connectivity index (χ1) is 18.0. The largest absolute Gasteiger partial charge is 0.461 e. The normalized spacial score (nSPS) is 18.5. The van der Waals surface area contributed by atoms with Gasteiger partial charge in [0.1, 0.15) is 12.2 Å². The third kappa shape index (κ3) is 11.3. The molecule has 0 radical (unpaired) electrons. The number of nitrogens with two attached hydrogens (primary N) is 1. The van der Waals surface area contributed by atoms with Crippen molar-refractivity contribution in [2.75, 3.05) is 0 Å². The topological polar surface area (TPSA) is 95.7 Å². The average molecular weight is 516 g/mol. The summed E-state index contributed by atoms with van der Waals surface area (Å²) in [5.41, 5.74) is 6.13. The zero-order chi connectivity index (χ0) is 26.9. The van der Waals surface area contributed by atoms with E-state index in [0.717, 1.165) is 38.5 Å². The van der Waals surface area contributed by atoms with Crippen LogP contribution in [0.2, 0.25) is 0 Å². The number of hydrogen-bond donors (Lipinski definition) is 1. The highest BCUT2D eigenvalue weighted by molar-refractivity contribution is 6.02. The highest BCUT2D eigenvalue weighted by Gasteiger charge is 2.43. The van der Waals surface area contributed by atoms with Crippen molar-refractivity contribution in [2.45, 2.75) is 135 Å². The smallest absolute Gasteiger partial charge is 0.323 e. The Morgan fingerprint density at radius 1 is 0.865 bits per heavy atom. The molecule has 208 valence electrons. The molecule has 0 bridgehead atoms. The predicted molar refractivity (Wildman–Crippen MR) is 147 cm³/mol. The summed E-state index contributed by atoms with van der Waals surface area (Å²) in [4.78, 5) is 37.4. The zero-order valence-electron chi connectivity index (χ0n) is 23.1. The molecular formula is C31H49NO5. The molecule has 0 saturated carbocycles. The zero-order valence-corrected chi connectivity index (χ0v) is 23.1. The van der Waals surface area contributed by atoms with Crippen molar-refractivity contribution < 1.29 is 23.9 Å². The molecule has 2 rings (SSSR count). The number of unbranched alkanes of at least 4 members (excludes halogenated alkanes) is 11. The van der Waals surface area contributed by atoms with E-state index < -0.39 is 23.9 Å². The van der Waals surface area contributed by atoms with Crippen LogP contribution in [0.1, 0.15) is 128 Å². The lowest BCUT2D eigenvalue weighted by Gasteiger charge is -2.37. The summed E-state index contributed by atoms with van der Waals surface area (Å²) < 4.78 is 11.4. The highest BCUT2D eigenvalue weighted by Crippen LogP contribution is 2.33. The van der Waals surface area contributed by atoms with E-state index in [0.29, 0.717) is 18.4 Å². The van der Waals surface area contributed by atoms with Gasteiger partial charge in [-0.3, -0.25) is 14.4 Å². The SMILES string of the molecule is CCCCCCCCCCC[C@@H](C[C@@H]1OC(=O)[C@H]1CCCCCC)OC(=O)C(C(N)=O)c1ccccc1. The van der Waals surface area contributed by atoms with Gasteiger partial charge in [0.05, 0.1) is 5.92 Å². The molecule has 1 aliphatic rings. The Labute approximate surface area is 224 Å². The molecule has 0 spiro atoms. The average Bonchev–Trinajstić information content (AvgIpc) is 2.87. The predicted octanol–water partition coefficient (Wildman–Crippen LogP) is 6.99. The maximum Gasteiger partial charge on any atom is 0.323 e. The lowest BCUT2D eigenvalue weighted by atomic mass is 9.86. The van der Waals surface area contributed by atoms with Crippen molar-refractivity contribution >= 4 is 17.8 Å². The number of carbonyl (C=O) groups is 3. The van der Waals surface area contributed by atoms with Gasteiger partial charge < -0.3 is 15.2 Å². The highest BCUT2D eigenvalue weighted by atomic mass is 16.6. The number of primary amides is 1. The van der Waals surface area contributed by atoms with E-state index in [2.05, 4.69) is 13.8 Å². The van der Waals surface area contributed by atoms with E-state index in [4.69, 9.17) is 15.2 Å². The minimum atomic E-state index is -1.14. The van der Waals surface area contributed by atoms with Crippen molar-refractivity contribution in [3.05, 3.63) is 35.9 Å². The minimum Gasteiger partial charge on any atom is -0.461 e. The van der Waals surface area contributed by atoms with Crippen LogP contribution in [0.25, 0.3) is 0 Å². The van der Waals surface area contributed by atoms with E-state index in [1.165, 1.54) is 51.4 Å². The molecule has 1 fully saturated rings. The molecule has 1 saturated heterocycles. The van der Waals surface area contributed by atoms with Crippen molar-refractivity contribution in [1.82, 2.24) is 0 Å². The summed E-state index contributed by atoms with van der Waals surface area (Å²) in [5.74, 6) is -2.75. The van der Waals surface area contributed by atoms with Gasteiger partial charge in [-0.25, -0.2) is 0 Å². The second kappa shape index (κ2) is 18.0. The van der Waals surface area contributed by atoms with Gasteiger partial charge >= 0.3 is 11.9 Å². The molecular weight excluding hydrogens is 466 g/mol.